The Labute approximate surface area is 142 Å². The molecule has 5 heteroatoms. The first-order valence-electron chi connectivity index (χ1n) is 8.54. The highest BCUT2D eigenvalue weighted by molar-refractivity contribution is 5.77. The predicted octanol–water partition coefficient (Wildman–Crippen LogP) is 2.02. The molecule has 1 aliphatic rings. The van der Waals surface area contributed by atoms with Crippen LogP contribution in [0.25, 0.3) is 0 Å². The van der Waals surface area contributed by atoms with E-state index in [1.807, 2.05) is 25.1 Å². The number of aromatic nitrogens is 2. The maximum absolute atomic E-state index is 12.5. The van der Waals surface area contributed by atoms with E-state index in [0.717, 1.165) is 17.8 Å². The maximum atomic E-state index is 12.5. The number of benzene rings is 1. The molecule has 1 aromatic heterocycles. The van der Waals surface area contributed by atoms with Crippen molar-refractivity contribution in [2.45, 2.75) is 39.2 Å². The van der Waals surface area contributed by atoms with Crippen molar-refractivity contribution in [3.63, 3.8) is 0 Å². The number of aliphatic hydroxyl groups excluding tert-OH is 1. The minimum atomic E-state index is -0.468. The average molecular weight is 327 g/mol. The first kappa shape index (κ1) is 16.7. The maximum Gasteiger partial charge on any atom is 0.223 e. The minimum absolute atomic E-state index is 0.0649. The lowest BCUT2D eigenvalue weighted by molar-refractivity contribution is -0.130. The van der Waals surface area contributed by atoms with Crippen LogP contribution in [0.5, 0.6) is 0 Å². The van der Waals surface area contributed by atoms with E-state index in [0.29, 0.717) is 25.9 Å². The summed E-state index contributed by atoms with van der Waals surface area (Å²) in [5.74, 6) is 0.188. The monoisotopic (exact) mass is 327 g/mol. The second-order valence-electron chi connectivity index (χ2n) is 6.80. The number of amides is 1. The average Bonchev–Trinajstić information content (AvgIpc) is 3.13. The van der Waals surface area contributed by atoms with Gasteiger partial charge in [0.1, 0.15) is 0 Å². The first-order valence-corrected chi connectivity index (χ1v) is 8.54. The molecule has 0 unspecified atom stereocenters. The third kappa shape index (κ3) is 3.85. The van der Waals surface area contributed by atoms with Crippen molar-refractivity contribution in [3.05, 3.63) is 52.8 Å². The molecule has 128 valence electrons. The van der Waals surface area contributed by atoms with Crippen LogP contribution in [0.1, 0.15) is 28.9 Å². The molecule has 1 aliphatic heterocycles. The first-order chi connectivity index (χ1) is 11.5. The molecule has 2 heterocycles. The highest BCUT2D eigenvalue weighted by Crippen LogP contribution is 2.22. The topological polar surface area (TPSA) is 69.2 Å². The SMILES string of the molecule is Cc1cc(C[C@@H]2CN(C(=O)CCc3ccccc3C)C[C@H]2O)n[nH]1. The van der Waals surface area contributed by atoms with Gasteiger partial charge in [0.15, 0.2) is 0 Å². The summed E-state index contributed by atoms with van der Waals surface area (Å²) in [5, 5.41) is 17.4. The number of hydrogen-bond acceptors (Lipinski definition) is 3. The minimum Gasteiger partial charge on any atom is -0.391 e. The zero-order valence-electron chi connectivity index (χ0n) is 14.3. The molecule has 1 amide bonds. The predicted molar refractivity (Wildman–Crippen MR) is 92.6 cm³/mol. The van der Waals surface area contributed by atoms with Crippen LogP contribution in [0.2, 0.25) is 0 Å². The summed E-state index contributed by atoms with van der Waals surface area (Å²) in [6, 6.07) is 10.2. The van der Waals surface area contributed by atoms with E-state index >= 15 is 0 Å². The largest absolute Gasteiger partial charge is 0.391 e. The van der Waals surface area contributed by atoms with Crippen LogP contribution in [0, 0.1) is 19.8 Å². The molecule has 5 nitrogen and oxygen atoms in total. The van der Waals surface area contributed by atoms with Crippen molar-refractivity contribution in [1.82, 2.24) is 15.1 Å². The van der Waals surface area contributed by atoms with Gasteiger partial charge in [-0.2, -0.15) is 5.10 Å². The summed E-state index contributed by atoms with van der Waals surface area (Å²) >= 11 is 0. The Morgan fingerprint density at radius 1 is 1.33 bits per heavy atom. The van der Waals surface area contributed by atoms with Crippen molar-refractivity contribution in [3.8, 4) is 0 Å². The second-order valence-corrected chi connectivity index (χ2v) is 6.80. The van der Waals surface area contributed by atoms with Gasteiger partial charge in [-0.3, -0.25) is 9.89 Å². The van der Waals surface area contributed by atoms with Gasteiger partial charge in [0.2, 0.25) is 5.91 Å². The molecule has 2 N–H and O–H groups in total. The zero-order valence-corrected chi connectivity index (χ0v) is 14.3. The normalized spacial score (nSPS) is 20.5. The van der Waals surface area contributed by atoms with Crippen LogP contribution >= 0.6 is 0 Å². The van der Waals surface area contributed by atoms with E-state index in [9.17, 15) is 9.90 Å². The molecule has 0 spiro atoms. The summed E-state index contributed by atoms with van der Waals surface area (Å²) in [6.07, 6.45) is 1.48. The van der Waals surface area contributed by atoms with Gasteiger partial charge in [-0.05, 0) is 43.9 Å². The number of nitrogens with one attached hydrogen (secondary N) is 1. The zero-order chi connectivity index (χ0) is 17.1. The Morgan fingerprint density at radius 2 is 2.12 bits per heavy atom. The fraction of sp³-hybridized carbons (Fsp3) is 0.474. The lowest BCUT2D eigenvalue weighted by Crippen LogP contribution is -2.29. The van der Waals surface area contributed by atoms with Crippen molar-refractivity contribution < 1.29 is 9.90 Å². The third-order valence-corrected chi connectivity index (χ3v) is 4.86. The van der Waals surface area contributed by atoms with Crippen LogP contribution in [0.3, 0.4) is 0 Å². The van der Waals surface area contributed by atoms with E-state index in [-0.39, 0.29) is 11.8 Å². The van der Waals surface area contributed by atoms with E-state index < -0.39 is 6.10 Å². The molecular weight excluding hydrogens is 302 g/mol. The summed E-state index contributed by atoms with van der Waals surface area (Å²) in [7, 11) is 0. The van der Waals surface area contributed by atoms with Crippen LogP contribution in [-0.4, -0.2) is 45.3 Å². The molecule has 1 fully saturated rings. The van der Waals surface area contributed by atoms with E-state index in [1.165, 1.54) is 11.1 Å². The van der Waals surface area contributed by atoms with Gasteiger partial charge >= 0.3 is 0 Å². The number of likely N-dealkylation sites (tertiary alicyclic amines) is 1. The Balaban J connectivity index is 1.54. The molecule has 2 atom stereocenters. The molecular formula is C19H25N3O2. The van der Waals surface area contributed by atoms with Gasteiger partial charge in [0.05, 0.1) is 11.8 Å². The molecule has 0 aliphatic carbocycles. The van der Waals surface area contributed by atoms with Crippen molar-refractivity contribution >= 4 is 5.91 Å². The number of rotatable bonds is 5. The van der Waals surface area contributed by atoms with Gasteiger partial charge in [-0.1, -0.05) is 24.3 Å². The van der Waals surface area contributed by atoms with E-state index in [4.69, 9.17) is 0 Å². The fourth-order valence-corrected chi connectivity index (χ4v) is 3.40. The Kier molecular flexibility index (Phi) is 5.00. The third-order valence-electron chi connectivity index (χ3n) is 4.86. The summed E-state index contributed by atoms with van der Waals surface area (Å²) in [5.41, 5.74) is 4.40. The van der Waals surface area contributed by atoms with Gasteiger partial charge < -0.3 is 10.0 Å². The molecule has 0 radical (unpaired) electrons. The Hall–Kier alpha value is -2.14. The lowest BCUT2D eigenvalue weighted by Gasteiger charge is -2.16. The summed E-state index contributed by atoms with van der Waals surface area (Å²) in [6.45, 7) is 5.07. The van der Waals surface area contributed by atoms with Crippen molar-refractivity contribution in [2.75, 3.05) is 13.1 Å². The molecule has 0 saturated carbocycles. The molecule has 1 aromatic carbocycles. The number of H-pyrrole nitrogens is 1. The number of β-amino-alcohol motifs (C(OH)–C–C–N with tert-alkyl or cyclic N) is 1. The standard InChI is InChI=1S/C19H25N3O2/c1-13-5-3-4-6-15(13)7-8-19(24)22-11-16(18(23)12-22)10-17-9-14(2)20-21-17/h3-6,9,16,18,23H,7-8,10-12H2,1-2H3,(H,20,21)/t16-,18-/m1/s1. The van der Waals surface area contributed by atoms with Crippen LogP contribution < -0.4 is 0 Å². The number of aromatic amines is 1. The molecule has 1 saturated heterocycles. The number of hydrogen-bond donors (Lipinski definition) is 2. The molecule has 2 aromatic rings. The van der Waals surface area contributed by atoms with Gasteiger partial charge in [-0.15, -0.1) is 0 Å². The number of aryl methyl sites for hydroxylation is 3. The number of aliphatic hydroxyl groups is 1. The van der Waals surface area contributed by atoms with Gasteiger partial charge in [0.25, 0.3) is 0 Å². The van der Waals surface area contributed by atoms with Crippen LogP contribution in [-0.2, 0) is 17.6 Å². The number of nitrogens with zero attached hydrogens (tertiary/aromatic N) is 2. The Morgan fingerprint density at radius 3 is 2.83 bits per heavy atom. The molecule has 24 heavy (non-hydrogen) atoms. The lowest BCUT2D eigenvalue weighted by atomic mass is 10.00. The number of carbonyl (C=O) groups is 1. The Bertz CT molecular complexity index is 710. The summed E-state index contributed by atoms with van der Waals surface area (Å²) < 4.78 is 0. The smallest absolute Gasteiger partial charge is 0.223 e. The second kappa shape index (κ2) is 7.18. The van der Waals surface area contributed by atoms with Crippen molar-refractivity contribution in [1.29, 1.82) is 0 Å². The van der Waals surface area contributed by atoms with Crippen LogP contribution in [0.15, 0.2) is 30.3 Å². The number of carbonyl (C=O) groups excluding carboxylic acids is 1. The van der Waals surface area contributed by atoms with E-state index in [1.54, 1.807) is 4.90 Å². The fourth-order valence-electron chi connectivity index (χ4n) is 3.40. The molecule has 3 rings (SSSR count). The molecule has 0 bridgehead atoms. The van der Waals surface area contributed by atoms with E-state index in [2.05, 4.69) is 29.3 Å². The highest BCUT2D eigenvalue weighted by atomic mass is 16.3. The highest BCUT2D eigenvalue weighted by Gasteiger charge is 2.34. The van der Waals surface area contributed by atoms with Crippen LogP contribution in [0.4, 0.5) is 0 Å². The van der Waals surface area contributed by atoms with Crippen molar-refractivity contribution in [2.24, 2.45) is 5.92 Å². The quantitative estimate of drug-likeness (QED) is 0.883. The van der Waals surface area contributed by atoms with Gasteiger partial charge in [-0.25, -0.2) is 0 Å². The summed E-state index contributed by atoms with van der Waals surface area (Å²) in [4.78, 5) is 14.3. The van der Waals surface area contributed by atoms with Gasteiger partial charge in [0, 0.05) is 31.1 Å².